The zero-order valence-corrected chi connectivity index (χ0v) is 12.4. The molecule has 0 saturated carbocycles. The van der Waals surface area contributed by atoms with Crippen LogP contribution in [0, 0.1) is 6.92 Å². The van der Waals surface area contributed by atoms with Crippen LogP contribution in [0.3, 0.4) is 0 Å². The number of amides is 2. The number of pyridine rings is 1. The lowest BCUT2D eigenvalue weighted by molar-refractivity contribution is -0.690. The first-order valence-electron chi connectivity index (χ1n) is 7.31. The van der Waals surface area contributed by atoms with Crippen molar-refractivity contribution >= 4 is 17.5 Å². The molecule has 3 rings (SSSR count). The standard InChI is InChI=1S/C17H17N3O2/c1-12-4-6-14(7-5-12)20-16(21)9-15(17(20)22)19-11-13-3-2-8-18-10-13/h2-8,10,15,19H,9,11H2,1H3/p+1/t15-/m0/s1. The van der Waals surface area contributed by atoms with E-state index in [0.717, 1.165) is 11.1 Å². The van der Waals surface area contributed by atoms with E-state index in [1.807, 2.05) is 48.6 Å². The maximum absolute atomic E-state index is 12.5. The third-order valence-corrected chi connectivity index (χ3v) is 3.83. The Morgan fingerprint density at radius 2 is 2.00 bits per heavy atom. The van der Waals surface area contributed by atoms with Crippen LogP contribution in [0.5, 0.6) is 0 Å². The minimum Gasteiger partial charge on any atom is -0.332 e. The number of hydrogen-bond acceptors (Lipinski definition) is 3. The van der Waals surface area contributed by atoms with Gasteiger partial charge in [-0.2, -0.15) is 0 Å². The van der Waals surface area contributed by atoms with E-state index in [2.05, 4.69) is 4.98 Å². The molecule has 1 aliphatic rings. The van der Waals surface area contributed by atoms with E-state index in [-0.39, 0.29) is 24.3 Å². The van der Waals surface area contributed by atoms with Crippen molar-refractivity contribution in [2.45, 2.75) is 25.9 Å². The molecule has 0 spiro atoms. The van der Waals surface area contributed by atoms with Crippen LogP contribution in [0.2, 0.25) is 0 Å². The van der Waals surface area contributed by atoms with Gasteiger partial charge in [0.15, 0.2) is 6.04 Å². The van der Waals surface area contributed by atoms with Gasteiger partial charge in [0.2, 0.25) is 5.91 Å². The van der Waals surface area contributed by atoms with Crippen LogP contribution < -0.4 is 10.2 Å². The Morgan fingerprint density at radius 3 is 2.68 bits per heavy atom. The van der Waals surface area contributed by atoms with Crippen LogP contribution in [-0.2, 0) is 16.1 Å². The SMILES string of the molecule is Cc1ccc(N2C(=O)C[C@H]([NH2+]Cc3cccnc3)C2=O)cc1. The number of rotatable bonds is 4. The largest absolute Gasteiger partial charge is 0.332 e. The van der Waals surface area contributed by atoms with Crippen molar-refractivity contribution in [3.05, 3.63) is 59.9 Å². The summed E-state index contributed by atoms with van der Waals surface area (Å²) >= 11 is 0. The van der Waals surface area contributed by atoms with Crippen LogP contribution in [0.1, 0.15) is 17.5 Å². The number of quaternary nitrogens is 1. The number of imide groups is 1. The van der Waals surface area contributed by atoms with Gasteiger partial charge in [-0.05, 0) is 25.1 Å². The Bertz CT molecular complexity index is 683. The molecule has 2 N–H and O–H groups in total. The van der Waals surface area contributed by atoms with E-state index in [0.29, 0.717) is 12.2 Å². The fraction of sp³-hybridized carbons (Fsp3) is 0.235. The Hall–Kier alpha value is -2.53. The Labute approximate surface area is 129 Å². The van der Waals surface area contributed by atoms with Crippen LogP contribution in [0.4, 0.5) is 5.69 Å². The summed E-state index contributed by atoms with van der Waals surface area (Å²) in [7, 11) is 0. The predicted octanol–water partition coefficient (Wildman–Crippen LogP) is 0.786. The lowest BCUT2D eigenvalue weighted by atomic mass is 10.2. The summed E-state index contributed by atoms with van der Waals surface area (Å²) in [6.45, 7) is 2.61. The van der Waals surface area contributed by atoms with Crippen molar-refractivity contribution in [1.29, 1.82) is 0 Å². The smallest absolute Gasteiger partial charge is 0.292 e. The van der Waals surface area contributed by atoms with Crippen molar-refractivity contribution in [1.82, 2.24) is 4.98 Å². The molecule has 0 unspecified atom stereocenters. The van der Waals surface area contributed by atoms with Gasteiger partial charge in [-0.25, -0.2) is 4.90 Å². The summed E-state index contributed by atoms with van der Waals surface area (Å²) < 4.78 is 0. The lowest BCUT2D eigenvalue weighted by Gasteiger charge is -2.14. The fourth-order valence-electron chi connectivity index (χ4n) is 2.60. The van der Waals surface area contributed by atoms with Crippen LogP contribution in [-0.4, -0.2) is 22.8 Å². The third kappa shape index (κ3) is 2.89. The monoisotopic (exact) mass is 296 g/mol. The van der Waals surface area contributed by atoms with Gasteiger partial charge in [0.1, 0.15) is 6.54 Å². The minimum atomic E-state index is -0.353. The summed E-state index contributed by atoms with van der Waals surface area (Å²) in [5.74, 6) is -0.279. The first kappa shape index (κ1) is 14.4. The molecule has 5 heteroatoms. The molecule has 1 atom stereocenters. The Kier molecular flexibility index (Phi) is 3.98. The van der Waals surface area contributed by atoms with Gasteiger partial charge in [-0.1, -0.05) is 23.8 Å². The van der Waals surface area contributed by atoms with Crippen molar-refractivity contribution in [2.24, 2.45) is 0 Å². The van der Waals surface area contributed by atoms with E-state index in [1.165, 1.54) is 4.90 Å². The Morgan fingerprint density at radius 1 is 1.23 bits per heavy atom. The topological polar surface area (TPSA) is 66.9 Å². The van der Waals surface area contributed by atoms with Gasteiger partial charge in [0, 0.05) is 18.0 Å². The number of aromatic nitrogens is 1. The van der Waals surface area contributed by atoms with E-state index in [1.54, 1.807) is 12.4 Å². The van der Waals surface area contributed by atoms with Crippen molar-refractivity contribution < 1.29 is 14.9 Å². The average molecular weight is 296 g/mol. The molecular formula is C17H18N3O2+. The summed E-state index contributed by atoms with van der Waals surface area (Å²) in [6.07, 6.45) is 3.73. The molecule has 1 aliphatic heterocycles. The molecular weight excluding hydrogens is 278 g/mol. The van der Waals surface area contributed by atoms with Gasteiger partial charge >= 0.3 is 0 Å². The number of nitrogens with two attached hydrogens (primary N) is 1. The molecule has 0 radical (unpaired) electrons. The molecule has 1 saturated heterocycles. The van der Waals surface area contributed by atoms with Crippen molar-refractivity contribution in [3.8, 4) is 0 Å². The highest BCUT2D eigenvalue weighted by Gasteiger charge is 2.42. The van der Waals surface area contributed by atoms with E-state index < -0.39 is 0 Å². The molecule has 22 heavy (non-hydrogen) atoms. The number of nitrogens with zero attached hydrogens (tertiary/aromatic N) is 2. The second-order valence-corrected chi connectivity index (χ2v) is 5.51. The molecule has 1 aromatic carbocycles. The van der Waals surface area contributed by atoms with Gasteiger partial charge in [-0.3, -0.25) is 14.6 Å². The summed E-state index contributed by atoms with van der Waals surface area (Å²) in [5, 5.41) is 1.91. The number of carbonyl (C=O) groups excluding carboxylic acids is 2. The zero-order valence-electron chi connectivity index (χ0n) is 12.4. The van der Waals surface area contributed by atoms with Crippen molar-refractivity contribution in [2.75, 3.05) is 4.90 Å². The maximum Gasteiger partial charge on any atom is 0.292 e. The molecule has 0 bridgehead atoms. The second kappa shape index (κ2) is 6.07. The van der Waals surface area contributed by atoms with Crippen LogP contribution in [0.25, 0.3) is 0 Å². The van der Waals surface area contributed by atoms with E-state index in [4.69, 9.17) is 0 Å². The molecule has 2 amide bonds. The summed E-state index contributed by atoms with van der Waals surface area (Å²) in [5.41, 5.74) is 2.79. The van der Waals surface area contributed by atoms with E-state index in [9.17, 15) is 9.59 Å². The molecule has 112 valence electrons. The second-order valence-electron chi connectivity index (χ2n) is 5.51. The highest BCUT2D eigenvalue weighted by molar-refractivity contribution is 6.21. The summed E-state index contributed by atoms with van der Waals surface area (Å²) in [4.78, 5) is 30.0. The number of anilines is 1. The normalized spacial score (nSPS) is 18.0. The minimum absolute atomic E-state index is 0.138. The highest BCUT2D eigenvalue weighted by Crippen LogP contribution is 2.21. The highest BCUT2D eigenvalue weighted by atomic mass is 16.2. The van der Waals surface area contributed by atoms with Gasteiger partial charge in [-0.15, -0.1) is 0 Å². The molecule has 1 fully saturated rings. The molecule has 5 nitrogen and oxygen atoms in total. The number of benzene rings is 1. The molecule has 2 aromatic rings. The predicted molar refractivity (Wildman–Crippen MR) is 81.9 cm³/mol. The Balaban J connectivity index is 1.70. The lowest BCUT2D eigenvalue weighted by Crippen LogP contribution is -2.90. The van der Waals surface area contributed by atoms with Gasteiger partial charge in [0.25, 0.3) is 5.91 Å². The van der Waals surface area contributed by atoms with Crippen LogP contribution in [0.15, 0.2) is 48.8 Å². The van der Waals surface area contributed by atoms with Crippen molar-refractivity contribution in [3.63, 3.8) is 0 Å². The number of carbonyl (C=O) groups is 2. The quantitative estimate of drug-likeness (QED) is 0.848. The first-order valence-corrected chi connectivity index (χ1v) is 7.31. The third-order valence-electron chi connectivity index (χ3n) is 3.83. The number of aryl methyl sites for hydroxylation is 1. The summed E-state index contributed by atoms with van der Waals surface area (Å²) in [6, 6.07) is 10.9. The van der Waals surface area contributed by atoms with Crippen LogP contribution >= 0.6 is 0 Å². The van der Waals surface area contributed by atoms with Gasteiger partial charge < -0.3 is 5.32 Å². The first-order chi connectivity index (χ1) is 10.6. The molecule has 0 aliphatic carbocycles. The fourth-order valence-corrected chi connectivity index (χ4v) is 2.60. The van der Waals surface area contributed by atoms with Gasteiger partial charge in [0.05, 0.1) is 12.1 Å². The molecule has 1 aromatic heterocycles. The molecule has 2 heterocycles. The van der Waals surface area contributed by atoms with E-state index >= 15 is 0 Å². The number of hydrogen-bond donors (Lipinski definition) is 1. The zero-order chi connectivity index (χ0) is 15.5. The maximum atomic E-state index is 12.5. The average Bonchev–Trinajstić information content (AvgIpc) is 2.82.